The monoisotopic (exact) mass is 261 g/mol. The van der Waals surface area contributed by atoms with E-state index in [0.717, 1.165) is 15.8 Å². The number of hydrogen-bond acceptors (Lipinski definition) is 6. The molecule has 0 amide bonds. The lowest BCUT2D eigenvalue weighted by Gasteiger charge is -2.07. The SMILES string of the molecule is Cn1nnc(CC(O)c2cnc3ccsc3c2)n1. The van der Waals surface area contributed by atoms with Gasteiger partial charge in [0.1, 0.15) is 0 Å². The van der Waals surface area contributed by atoms with Crippen molar-refractivity contribution in [2.45, 2.75) is 12.5 Å². The van der Waals surface area contributed by atoms with Crippen molar-refractivity contribution in [2.75, 3.05) is 0 Å². The third-order valence-electron chi connectivity index (χ3n) is 2.63. The molecule has 3 heterocycles. The quantitative estimate of drug-likeness (QED) is 0.764. The van der Waals surface area contributed by atoms with E-state index in [1.807, 2.05) is 17.5 Å². The summed E-state index contributed by atoms with van der Waals surface area (Å²) in [4.78, 5) is 5.68. The smallest absolute Gasteiger partial charge is 0.177 e. The van der Waals surface area contributed by atoms with Crippen molar-refractivity contribution in [3.05, 3.63) is 35.1 Å². The highest BCUT2D eigenvalue weighted by atomic mass is 32.1. The summed E-state index contributed by atoms with van der Waals surface area (Å²) in [5.74, 6) is 0.524. The maximum atomic E-state index is 10.1. The molecule has 3 aromatic heterocycles. The summed E-state index contributed by atoms with van der Waals surface area (Å²) in [6.45, 7) is 0. The van der Waals surface area contributed by atoms with Crippen LogP contribution in [0, 0.1) is 0 Å². The van der Waals surface area contributed by atoms with Crippen molar-refractivity contribution in [1.29, 1.82) is 0 Å². The van der Waals surface area contributed by atoms with Gasteiger partial charge in [0.2, 0.25) is 0 Å². The fraction of sp³-hybridized carbons (Fsp3) is 0.273. The molecule has 0 aromatic carbocycles. The predicted octanol–water partition coefficient (Wildman–Crippen LogP) is 1.10. The Morgan fingerprint density at radius 2 is 2.39 bits per heavy atom. The van der Waals surface area contributed by atoms with E-state index in [4.69, 9.17) is 0 Å². The number of aromatic nitrogens is 5. The highest BCUT2D eigenvalue weighted by molar-refractivity contribution is 7.17. The lowest BCUT2D eigenvalue weighted by molar-refractivity contribution is 0.175. The molecule has 1 N–H and O–H groups in total. The Kier molecular flexibility index (Phi) is 2.77. The van der Waals surface area contributed by atoms with Gasteiger partial charge < -0.3 is 5.11 Å². The summed E-state index contributed by atoms with van der Waals surface area (Å²) in [6, 6.07) is 3.91. The summed E-state index contributed by atoms with van der Waals surface area (Å²) in [6.07, 6.45) is 1.37. The Hall–Kier alpha value is -1.86. The van der Waals surface area contributed by atoms with Crippen molar-refractivity contribution >= 4 is 21.6 Å². The van der Waals surface area contributed by atoms with Gasteiger partial charge in [-0.3, -0.25) is 4.98 Å². The van der Waals surface area contributed by atoms with E-state index in [-0.39, 0.29) is 0 Å². The first-order valence-electron chi connectivity index (χ1n) is 5.46. The molecule has 3 aromatic rings. The topological polar surface area (TPSA) is 76.7 Å². The maximum Gasteiger partial charge on any atom is 0.177 e. The Bertz CT molecular complexity index is 677. The lowest BCUT2D eigenvalue weighted by Crippen LogP contribution is -2.04. The van der Waals surface area contributed by atoms with E-state index < -0.39 is 6.10 Å². The van der Waals surface area contributed by atoms with E-state index in [1.54, 1.807) is 24.6 Å². The maximum absolute atomic E-state index is 10.1. The fourth-order valence-electron chi connectivity index (χ4n) is 1.74. The number of rotatable bonds is 3. The van der Waals surface area contributed by atoms with Crippen LogP contribution in [0.1, 0.15) is 17.5 Å². The molecule has 3 rings (SSSR count). The summed E-state index contributed by atoms with van der Waals surface area (Å²) < 4.78 is 1.07. The fourth-order valence-corrected chi connectivity index (χ4v) is 2.53. The van der Waals surface area contributed by atoms with Gasteiger partial charge in [0.15, 0.2) is 5.82 Å². The predicted molar refractivity (Wildman–Crippen MR) is 67.1 cm³/mol. The molecule has 0 spiro atoms. The molecule has 0 bridgehead atoms. The lowest BCUT2D eigenvalue weighted by atomic mass is 10.1. The number of nitrogens with zero attached hydrogens (tertiary/aromatic N) is 5. The van der Waals surface area contributed by atoms with Crippen LogP contribution in [-0.4, -0.2) is 30.3 Å². The van der Waals surface area contributed by atoms with E-state index in [2.05, 4.69) is 20.4 Å². The molecule has 0 saturated heterocycles. The van der Waals surface area contributed by atoms with Gasteiger partial charge in [-0.05, 0) is 22.7 Å². The van der Waals surface area contributed by atoms with Crippen molar-refractivity contribution in [3.63, 3.8) is 0 Å². The van der Waals surface area contributed by atoms with Crippen LogP contribution in [0.25, 0.3) is 10.2 Å². The zero-order chi connectivity index (χ0) is 12.5. The largest absolute Gasteiger partial charge is 0.388 e. The number of aryl methyl sites for hydroxylation is 1. The molecule has 18 heavy (non-hydrogen) atoms. The van der Waals surface area contributed by atoms with Gasteiger partial charge in [-0.15, -0.1) is 21.5 Å². The Balaban J connectivity index is 1.84. The Labute approximate surface area is 107 Å². The Morgan fingerprint density at radius 3 is 3.17 bits per heavy atom. The highest BCUT2D eigenvalue weighted by Crippen LogP contribution is 2.23. The van der Waals surface area contributed by atoms with E-state index in [0.29, 0.717) is 12.2 Å². The van der Waals surface area contributed by atoms with Crippen molar-refractivity contribution in [2.24, 2.45) is 7.05 Å². The van der Waals surface area contributed by atoms with Crippen LogP contribution in [0.2, 0.25) is 0 Å². The van der Waals surface area contributed by atoms with E-state index in [9.17, 15) is 5.11 Å². The molecule has 0 radical (unpaired) electrons. The van der Waals surface area contributed by atoms with Crippen LogP contribution >= 0.6 is 11.3 Å². The minimum Gasteiger partial charge on any atom is -0.388 e. The van der Waals surface area contributed by atoms with Crippen molar-refractivity contribution in [3.8, 4) is 0 Å². The molecule has 0 aliphatic carbocycles. The first kappa shape index (κ1) is 11.2. The third-order valence-corrected chi connectivity index (χ3v) is 3.49. The number of tetrazole rings is 1. The standard InChI is InChI=1S/C11H11N5OS/c1-16-14-11(13-15-16)5-9(17)7-4-10-8(12-6-7)2-3-18-10/h2-4,6,9,17H,5H2,1H3. The zero-order valence-corrected chi connectivity index (χ0v) is 10.5. The van der Waals surface area contributed by atoms with Crippen LogP contribution in [-0.2, 0) is 13.5 Å². The molecule has 1 unspecified atom stereocenters. The molecular weight excluding hydrogens is 250 g/mol. The number of pyridine rings is 1. The second-order valence-electron chi connectivity index (χ2n) is 3.99. The van der Waals surface area contributed by atoms with Crippen LogP contribution in [0.3, 0.4) is 0 Å². The first-order valence-corrected chi connectivity index (χ1v) is 6.34. The first-order chi connectivity index (χ1) is 8.72. The minimum atomic E-state index is -0.659. The number of thiophene rings is 1. The van der Waals surface area contributed by atoms with Gasteiger partial charge in [0, 0.05) is 18.2 Å². The molecule has 0 aliphatic rings. The molecule has 0 aliphatic heterocycles. The summed E-state index contributed by atoms with van der Waals surface area (Å²) >= 11 is 1.61. The van der Waals surface area contributed by atoms with E-state index >= 15 is 0 Å². The summed E-state index contributed by atoms with van der Waals surface area (Å²) in [7, 11) is 1.70. The van der Waals surface area contributed by atoms with Crippen LogP contribution in [0.15, 0.2) is 23.7 Å². The van der Waals surface area contributed by atoms with Gasteiger partial charge in [-0.2, -0.15) is 4.80 Å². The number of fused-ring (bicyclic) bond motifs is 1. The minimum absolute atomic E-state index is 0.340. The van der Waals surface area contributed by atoms with Gasteiger partial charge >= 0.3 is 0 Å². The summed E-state index contributed by atoms with van der Waals surface area (Å²) in [5, 5.41) is 23.8. The average Bonchev–Trinajstić information content (AvgIpc) is 2.96. The second kappa shape index (κ2) is 4.43. The molecule has 6 nitrogen and oxygen atoms in total. The number of hydrogen-bond donors (Lipinski definition) is 1. The Morgan fingerprint density at radius 1 is 1.50 bits per heavy atom. The number of aliphatic hydroxyl groups excluding tert-OH is 1. The molecular formula is C11H11N5OS. The second-order valence-corrected chi connectivity index (χ2v) is 4.94. The molecule has 0 saturated carbocycles. The van der Waals surface area contributed by atoms with Crippen molar-refractivity contribution < 1.29 is 5.11 Å². The van der Waals surface area contributed by atoms with Gasteiger partial charge in [0.05, 0.1) is 23.4 Å². The molecule has 92 valence electrons. The summed E-state index contributed by atoms with van der Waals surface area (Å²) in [5.41, 5.74) is 1.73. The van der Waals surface area contributed by atoms with Gasteiger partial charge in [-0.25, -0.2) is 0 Å². The van der Waals surface area contributed by atoms with Crippen LogP contribution in [0.4, 0.5) is 0 Å². The highest BCUT2D eigenvalue weighted by Gasteiger charge is 2.13. The number of aliphatic hydroxyl groups is 1. The average molecular weight is 261 g/mol. The van der Waals surface area contributed by atoms with Crippen molar-refractivity contribution in [1.82, 2.24) is 25.2 Å². The van der Waals surface area contributed by atoms with Crippen LogP contribution in [0.5, 0.6) is 0 Å². The van der Waals surface area contributed by atoms with Gasteiger partial charge in [-0.1, -0.05) is 0 Å². The third kappa shape index (κ3) is 2.09. The molecule has 0 fully saturated rings. The van der Waals surface area contributed by atoms with E-state index in [1.165, 1.54) is 4.80 Å². The normalized spacial score (nSPS) is 13.0. The van der Waals surface area contributed by atoms with Crippen LogP contribution < -0.4 is 0 Å². The zero-order valence-electron chi connectivity index (χ0n) is 9.69. The van der Waals surface area contributed by atoms with Gasteiger partial charge in [0.25, 0.3) is 0 Å². The molecule has 7 heteroatoms. The molecule has 1 atom stereocenters.